The molecule has 0 spiro atoms. The molecule has 1 unspecified atom stereocenters. The maximum absolute atomic E-state index is 12.3. The van der Waals surface area contributed by atoms with Gasteiger partial charge in [0.15, 0.2) is 0 Å². The number of nitrogens with zero attached hydrogens (tertiary/aromatic N) is 3. The molecule has 1 aromatic carbocycles. The van der Waals surface area contributed by atoms with Gasteiger partial charge in [-0.2, -0.15) is 4.68 Å². The monoisotopic (exact) mass is 364 g/mol. The molecule has 2 bridgehead atoms. The lowest BCUT2D eigenvalue weighted by molar-refractivity contribution is 0.0395. The fourth-order valence-corrected chi connectivity index (χ4v) is 4.12. The molecule has 5 rings (SSSR count). The van der Waals surface area contributed by atoms with E-state index in [0.29, 0.717) is 40.4 Å². The van der Waals surface area contributed by atoms with Crippen LogP contribution in [0.5, 0.6) is 5.75 Å². The largest absolute Gasteiger partial charge is 0.496 e. The fraction of sp³-hybridized carbons (Fsp3) is 0.529. The predicted octanol–water partition coefficient (Wildman–Crippen LogP) is 2.09. The summed E-state index contributed by atoms with van der Waals surface area (Å²) < 4.78 is 12.1. The number of nitrogen functional groups attached to an aromatic ring is 1. The van der Waals surface area contributed by atoms with E-state index in [1.165, 1.54) is 37.7 Å². The zero-order valence-corrected chi connectivity index (χ0v) is 14.8. The van der Waals surface area contributed by atoms with Gasteiger partial charge in [-0.3, -0.25) is 0 Å². The van der Waals surface area contributed by atoms with Gasteiger partial charge in [-0.15, -0.1) is 5.10 Å². The maximum Gasteiger partial charge on any atom is 0.437 e. The summed E-state index contributed by atoms with van der Waals surface area (Å²) in [5.41, 5.74) is 6.72. The van der Waals surface area contributed by atoms with Crippen LogP contribution in [-0.4, -0.2) is 41.4 Å². The lowest BCUT2D eigenvalue weighted by atomic mass is 9.79. The number of hydrogen-bond acceptors (Lipinski definition) is 6. The topological polar surface area (TPSA) is 86.5 Å². The van der Waals surface area contributed by atoms with Crippen LogP contribution in [0.2, 0.25) is 5.02 Å². The van der Waals surface area contributed by atoms with E-state index in [1.54, 1.807) is 12.1 Å². The first-order valence-corrected chi connectivity index (χ1v) is 8.86. The van der Waals surface area contributed by atoms with Gasteiger partial charge in [-0.1, -0.05) is 11.6 Å². The summed E-state index contributed by atoms with van der Waals surface area (Å²) in [7, 11) is 1.52. The molecule has 25 heavy (non-hydrogen) atoms. The molecule has 0 saturated carbocycles. The van der Waals surface area contributed by atoms with E-state index in [0.717, 1.165) is 6.54 Å². The van der Waals surface area contributed by atoms with Crippen molar-refractivity contribution in [2.24, 2.45) is 11.8 Å². The van der Waals surface area contributed by atoms with Crippen LogP contribution in [0.1, 0.15) is 12.8 Å². The van der Waals surface area contributed by atoms with Gasteiger partial charge >= 0.3 is 5.76 Å². The Hall–Kier alpha value is -1.99. The van der Waals surface area contributed by atoms with Gasteiger partial charge in [0.25, 0.3) is 5.89 Å². The standard InChI is InChI=1S/C17H21ClN4O3/c1-24-15-7-14(19)13(18)6-12(15)16-20-22(17(23)25-16)9-11-8-21-4-2-10(11)3-5-21/h6-7,10-11H,2-5,8-9,19H2,1H3. The van der Waals surface area contributed by atoms with Crippen molar-refractivity contribution in [2.45, 2.75) is 19.4 Å². The molecule has 0 aliphatic carbocycles. The van der Waals surface area contributed by atoms with E-state index in [1.807, 2.05) is 0 Å². The van der Waals surface area contributed by atoms with Crippen LogP contribution in [0, 0.1) is 11.8 Å². The van der Waals surface area contributed by atoms with Crippen molar-refractivity contribution < 1.29 is 9.15 Å². The average Bonchev–Trinajstić information content (AvgIpc) is 2.98. The Balaban J connectivity index is 1.63. The number of anilines is 1. The van der Waals surface area contributed by atoms with Crippen molar-refractivity contribution in [1.82, 2.24) is 14.7 Å². The molecule has 134 valence electrons. The summed E-state index contributed by atoms with van der Waals surface area (Å²) in [6.45, 7) is 3.94. The molecule has 3 saturated heterocycles. The Bertz CT molecular complexity index is 839. The third kappa shape index (κ3) is 3.02. The highest BCUT2D eigenvalue weighted by atomic mass is 35.5. The van der Waals surface area contributed by atoms with Crippen molar-refractivity contribution >= 4 is 17.3 Å². The Morgan fingerprint density at radius 2 is 2.16 bits per heavy atom. The first-order valence-electron chi connectivity index (χ1n) is 8.49. The molecule has 2 N–H and O–H groups in total. The molecule has 3 aliphatic rings. The van der Waals surface area contributed by atoms with Gasteiger partial charge in [-0.25, -0.2) is 4.79 Å². The summed E-state index contributed by atoms with van der Waals surface area (Å²) in [6, 6.07) is 3.21. The first-order chi connectivity index (χ1) is 12.0. The zero-order chi connectivity index (χ0) is 17.6. The lowest BCUT2D eigenvalue weighted by Gasteiger charge is -2.44. The van der Waals surface area contributed by atoms with Gasteiger partial charge in [0, 0.05) is 12.6 Å². The van der Waals surface area contributed by atoms with E-state index in [9.17, 15) is 4.79 Å². The SMILES string of the molecule is COc1cc(N)c(Cl)cc1-c1nn(CC2CN3CCC2CC3)c(=O)o1. The molecule has 3 fully saturated rings. The Labute approximate surface area is 150 Å². The summed E-state index contributed by atoms with van der Waals surface area (Å²) >= 11 is 6.10. The van der Waals surface area contributed by atoms with Crippen molar-refractivity contribution in [3.05, 3.63) is 27.7 Å². The van der Waals surface area contributed by atoms with Gasteiger partial charge in [0.05, 0.1) is 29.9 Å². The molecule has 3 aliphatic heterocycles. The molecule has 0 amide bonds. The highest BCUT2D eigenvalue weighted by molar-refractivity contribution is 6.33. The van der Waals surface area contributed by atoms with Gasteiger partial charge in [-0.05, 0) is 43.8 Å². The van der Waals surface area contributed by atoms with Crippen molar-refractivity contribution in [3.63, 3.8) is 0 Å². The van der Waals surface area contributed by atoms with Crippen molar-refractivity contribution in [1.29, 1.82) is 0 Å². The molecule has 4 heterocycles. The number of hydrogen-bond donors (Lipinski definition) is 1. The van der Waals surface area contributed by atoms with Crippen LogP contribution in [0.15, 0.2) is 21.3 Å². The van der Waals surface area contributed by atoms with Crippen LogP contribution < -0.4 is 16.2 Å². The minimum absolute atomic E-state index is 0.199. The predicted molar refractivity (Wildman–Crippen MR) is 94.8 cm³/mol. The third-order valence-corrected chi connectivity index (χ3v) is 5.68. The molecule has 2 aromatic rings. The number of ether oxygens (including phenoxy) is 1. The summed E-state index contributed by atoms with van der Waals surface area (Å²) in [5.74, 6) is 1.32. The van der Waals surface area contributed by atoms with E-state index >= 15 is 0 Å². The smallest absolute Gasteiger partial charge is 0.437 e. The number of rotatable bonds is 4. The molecule has 8 heteroatoms. The van der Waals surface area contributed by atoms with Crippen LogP contribution in [0.3, 0.4) is 0 Å². The second-order valence-electron chi connectivity index (χ2n) is 6.83. The van der Waals surface area contributed by atoms with Crippen LogP contribution in [0.4, 0.5) is 5.69 Å². The first kappa shape index (κ1) is 16.5. The molecular formula is C17H21ClN4O3. The highest BCUT2D eigenvalue weighted by Gasteiger charge is 2.35. The number of fused-ring (bicyclic) bond motifs is 3. The quantitative estimate of drug-likeness (QED) is 0.836. The number of halogens is 1. The second-order valence-corrected chi connectivity index (χ2v) is 7.23. The number of benzene rings is 1. The normalized spacial score (nSPS) is 25.3. The van der Waals surface area contributed by atoms with E-state index in [4.69, 9.17) is 26.5 Å². The van der Waals surface area contributed by atoms with Crippen LogP contribution in [0.25, 0.3) is 11.5 Å². The van der Waals surface area contributed by atoms with Crippen molar-refractivity contribution in [3.8, 4) is 17.2 Å². The van der Waals surface area contributed by atoms with Gasteiger partial charge in [0.1, 0.15) is 5.75 Å². The third-order valence-electron chi connectivity index (χ3n) is 5.35. The number of nitrogens with two attached hydrogens (primary N) is 1. The minimum Gasteiger partial charge on any atom is -0.496 e. The van der Waals surface area contributed by atoms with Gasteiger partial charge < -0.3 is 19.8 Å². The Morgan fingerprint density at radius 3 is 2.80 bits per heavy atom. The number of aromatic nitrogens is 2. The Morgan fingerprint density at radius 1 is 1.40 bits per heavy atom. The van der Waals surface area contributed by atoms with Crippen LogP contribution >= 0.6 is 11.6 Å². The second kappa shape index (κ2) is 6.38. The molecule has 7 nitrogen and oxygen atoms in total. The van der Waals surface area contributed by atoms with E-state index < -0.39 is 5.76 Å². The minimum atomic E-state index is -0.457. The summed E-state index contributed by atoms with van der Waals surface area (Å²) in [4.78, 5) is 14.7. The van der Waals surface area contributed by atoms with Crippen LogP contribution in [-0.2, 0) is 6.54 Å². The molecule has 1 atom stereocenters. The zero-order valence-electron chi connectivity index (χ0n) is 14.1. The molecule has 0 radical (unpaired) electrons. The van der Waals surface area contributed by atoms with Gasteiger partial charge in [0.2, 0.25) is 0 Å². The number of piperidine rings is 3. The van der Waals surface area contributed by atoms with Crippen molar-refractivity contribution in [2.75, 3.05) is 32.5 Å². The fourth-order valence-electron chi connectivity index (χ4n) is 3.95. The molecular weight excluding hydrogens is 344 g/mol. The average molecular weight is 365 g/mol. The summed E-state index contributed by atoms with van der Waals surface area (Å²) in [5, 5.41) is 4.74. The summed E-state index contributed by atoms with van der Waals surface area (Å²) in [6.07, 6.45) is 2.40. The molecule has 1 aromatic heterocycles. The van der Waals surface area contributed by atoms with E-state index in [-0.39, 0.29) is 5.89 Å². The highest BCUT2D eigenvalue weighted by Crippen LogP contribution is 2.36. The maximum atomic E-state index is 12.3. The van der Waals surface area contributed by atoms with E-state index in [2.05, 4.69) is 10.00 Å². The number of methoxy groups -OCH3 is 1. The lowest BCUT2D eigenvalue weighted by Crippen LogP contribution is -2.49. The Kier molecular flexibility index (Phi) is 4.21.